The van der Waals surface area contributed by atoms with Gasteiger partial charge in [0.25, 0.3) is 0 Å². The molecule has 4 nitrogen and oxygen atoms in total. The third-order valence-corrected chi connectivity index (χ3v) is 4.47. The molecular formula is C22H15NO3. The second-order valence-electron chi connectivity index (χ2n) is 6.10. The fourth-order valence-corrected chi connectivity index (χ4v) is 3.05. The summed E-state index contributed by atoms with van der Waals surface area (Å²) in [5, 5.41) is 11.2. The maximum Gasteiger partial charge on any atom is 0.344 e. The third kappa shape index (κ3) is 2.70. The number of hydrogen-bond donors (Lipinski definition) is 0. The molecule has 0 bridgehead atoms. The molecular weight excluding hydrogens is 326 g/mol. The predicted octanol–water partition coefficient (Wildman–Crippen LogP) is 4.71. The molecule has 0 radical (unpaired) electrons. The lowest BCUT2D eigenvalue weighted by Crippen LogP contribution is -2.02. The molecule has 0 N–H and O–H groups in total. The molecule has 0 unspecified atom stereocenters. The molecule has 0 aliphatic rings. The van der Waals surface area contributed by atoms with E-state index >= 15 is 0 Å². The molecule has 0 spiro atoms. The van der Waals surface area contributed by atoms with Crippen molar-refractivity contribution in [2.45, 2.75) is 13.5 Å². The van der Waals surface area contributed by atoms with E-state index in [0.29, 0.717) is 28.9 Å². The van der Waals surface area contributed by atoms with E-state index in [4.69, 9.17) is 14.4 Å². The van der Waals surface area contributed by atoms with Crippen molar-refractivity contribution in [1.82, 2.24) is 0 Å². The molecule has 1 aromatic heterocycles. The Kier molecular flexibility index (Phi) is 3.91. The van der Waals surface area contributed by atoms with Crippen molar-refractivity contribution in [2.75, 3.05) is 0 Å². The van der Waals surface area contributed by atoms with E-state index in [-0.39, 0.29) is 5.63 Å². The monoisotopic (exact) mass is 341 g/mol. The second kappa shape index (κ2) is 6.38. The van der Waals surface area contributed by atoms with Crippen molar-refractivity contribution >= 4 is 21.7 Å². The Balaban J connectivity index is 1.72. The van der Waals surface area contributed by atoms with E-state index in [9.17, 15) is 4.79 Å². The van der Waals surface area contributed by atoms with Crippen LogP contribution < -0.4 is 10.4 Å². The third-order valence-electron chi connectivity index (χ3n) is 4.47. The van der Waals surface area contributed by atoms with Crippen LogP contribution in [-0.2, 0) is 6.61 Å². The predicted molar refractivity (Wildman–Crippen MR) is 100 cm³/mol. The van der Waals surface area contributed by atoms with Crippen molar-refractivity contribution in [1.29, 1.82) is 5.26 Å². The Morgan fingerprint density at radius 3 is 2.42 bits per heavy atom. The van der Waals surface area contributed by atoms with Crippen molar-refractivity contribution in [3.8, 4) is 11.8 Å². The second-order valence-corrected chi connectivity index (χ2v) is 6.10. The van der Waals surface area contributed by atoms with Gasteiger partial charge in [0.2, 0.25) is 0 Å². The van der Waals surface area contributed by atoms with Crippen LogP contribution in [0.3, 0.4) is 0 Å². The van der Waals surface area contributed by atoms with Gasteiger partial charge < -0.3 is 9.15 Å². The molecule has 0 saturated heterocycles. The summed E-state index contributed by atoms with van der Waals surface area (Å²) in [7, 11) is 0. The molecule has 126 valence electrons. The van der Waals surface area contributed by atoms with Gasteiger partial charge in [-0.1, -0.05) is 30.3 Å². The maximum atomic E-state index is 12.3. The lowest BCUT2D eigenvalue weighted by atomic mass is 10.0. The van der Waals surface area contributed by atoms with Crippen LogP contribution in [0.25, 0.3) is 21.7 Å². The highest BCUT2D eigenvalue weighted by Crippen LogP contribution is 2.31. The average Bonchev–Trinajstić information content (AvgIpc) is 2.69. The van der Waals surface area contributed by atoms with Crippen LogP contribution in [0.1, 0.15) is 16.7 Å². The van der Waals surface area contributed by atoms with Crippen molar-refractivity contribution in [3.05, 3.63) is 87.8 Å². The van der Waals surface area contributed by atoms with Gasteiger partial charge in [-0.05, 0) is 48.2 Å². The van der Waals surface area contributed by atoms with Gasteiger partial charge in [-0.3, -0.25) is 0 Å². The van der Waals surface area contributed by atoms with Crippen molar-refractivity contribution < 1.29 is 9.15 Å². The Hall–Kier alpha value is -3.58. The van der Waals surface area contributed by atoms with E-state index in [2.05, 4.69) is 6.07 Å². The zero-order chi connectivity index (χ0) is 18.1. The van der Waals surface area contributed by atoms with E-state index in [0.717, 1.165) is 21.9 Å². The van der Waals surface area contributed by atoms with Gasteiger partial charge >= 0.3 is 5.63 Å². The van der Waals surface area contributed by atoms with Crippen LogP contribution in [-0.4, -0.2) is 0 Å². The summed E-state index contributed by atoms with van der Waals surface area (Å²) >= 11 is 0. The first-order chi connectivity index (χ1) is 12.7. The minimum absolute atomic E-state index is 0.347. The van der Waals surface area contributed by atoms with Crippen molar-refractivity contribution in [2.24, 2.45) is 0 Å². The standard InChI is InChI=1S/C22H15NO3/c1-14-20(25-13-16-8-6-15(12-23)7-9-16)11-10-18-17-4-2-3-5-19(17)22(24)26-21(14)18/h2-11H,13H2,1H3. The number of nitrogens with zero attached hydrogens (tertiary/aromatic N) is 1. The SMILES string of the molecule is Cc1c(OCc2ccc(C#N)cc2)ccc2c1oc(=O)c1ccccc12. The average molecular weight is 341 g/mol. The highest BCUT2D eigenvalue weighted by atomic mass is 16.5. The Bertz CT molecular complexity index is 1210. The molecule has 0 fully saturated rings. The summed E-state index contributed by atoms with van der Waals surface area (Å²) in [5.41, 5.74) is 2.57. The number of rotatable bonds is 3. The Morgan fingerprint density at radius 2 is 1.69 bits per heavy atom. The van der Waals surface area contributed by atoms with Crippen LogP contribution in [0.4, 0.5) is 0 Å². The molecule has 4 rings (SSSR count). The number of hydrogen-bond acceptors (Lipinski definition) is 4. The van der Waals surface area contributed by atoms with Crippen LogP contribution in [0, 0.1) is 18.3 Å². The molecule has 3 aromatic carbocycles. The number of nitriles is 1. The molecule has 0 aliphatic heterocycles. The molecule has 1 heterocycles. The molecule has 4 aromatic rings. The van der Waals surface area contributed by atoms with Crippen LogP contribution >= 0.6 is 0 Å². The number of benzene rings is 3. The van der Waals surface area contributed by atoms with Crippen molar-refractivity contribution in [3.63, 3.8) is 0 Å². The summed E-state index contributed by atoms with van der Waals surface area (Å²) in [5.74, 6) is 0.667. The van der Waals surface area contributed by atoms with Gasteiger partial charge in [-0.2, -0.15) is 5.26 Å². The first-order valence-electron chi connectivity index (χ1n) is 8.24. The summed E-state index contributed by atoms with van der Waals surface area (Å²) in [6.45, 7) is 2.25. The summed E-state index contributed by atoms with van der Waals surface area (Å²) in [6.07, 6.45) is 0. The normalized spacial score (nSPS) is 10.8. The fraction of sp³-hybridized carbons (Fsp3) is 0.0909. The van der Waals surface area contributed by atoms with E-state index in [1.165, 1.54) is 0 Å². The number of aryl methyl sites for hydroxylation is 1. The maximum absolute atomic E-state index is 12.3. The number of ether oxygens (including phenoxy) is 1. The minimum atomic E-state index is -0.347. The fourth-order valence-electron chi connectivity index (χ4n) is 3.05. The Morgan fingerprint density at radius 1 is 0.962 bits per heavy atom. The molecule has 0 saturated carbocycles. The van der Waals surface area contributed by atoms with Gasteiger partial charge in [0.15, 0.2) is 0 Å². The van der Waals surface area contributed by atoms with Gasteiger partial charge in [0.1, 0.15) is 17.9 Å². The largest absolute Gasteiger partial charge is 0.488 e. The first kappa shape index (κ1) is 15.9. The zero-order valence-corrected chi connectivity index (χ0v) is 14.2. The van der Waals surface area contributed by atoms with Gasteiger partial charge in [-0.15, -0.1) is 0 Å². The van der Waals surface area contributed by atoms with Gasteiger partial charge in [0.05, 0.1) is 17.0 Å². The molecule has 26 heavy (non-hydrogen) atoms. The lowest BCUT2D eigenvalue weighted by Gasteiger charge is -2.12. The lowest BCUT2D eigenvalue weighted by molar-refractivity contribution is 0.304. The van der Waals surface area contributed by atoms with Gasteiger partial charge in [-0.25, -0.2) is 4.79 Å². The molecule has 0 amide bonds. The van der Waals surface area contributed by atoms with E-state index in [1.807, 2.05) is 49.4 Å². The summed E-state index contributed by atoms with van der Waals surface area (Å²) in [4.78, 5) is 12.3. The van der Waals surface area contributed by atoms with Crippen LogP contribution in [0.15, 0.2) is 69.9 Å². The highest BCUT2D eigenvalue weighted by Gasteiger charge is 2.12. The smallest absolute Gasteiger partial charge is 0.344 e. The van der Waals surface area contributed by atoms with E-state index in [1.54, 1.807) is 18.2 Å². The summed E-state index contributed by atoms with van der Waals surface area (Å²) in [6, 6.07) is 20.6. The van der Waals surface area contributed by atoms with Crippen LogP contribution in [0.5, 0.6) is 5.75 Å². The topological polar surface area (TPSA) is 63.2 Å². The van der Waals surface area contributed by atoms with E-state index < -0.39 is 0 Å². The summed E-state index contributed by atoms with van der Waals surface area (Å²) < 4.78 is 11.5. The zero-order valence-electron chi connectivity index (χ0n) is 14.2. The molecule has 4 heteroatoms. The molecule has 0 atom stereocenters. The van der Waals surface area contributed by atoms with Crippen LogP contribution in [0.2, 0.25) is 0 Å². The molecule has 0 aliphatic carbocycles. The quantitative estimate of drug-likeness (QED) is 0.400. The highest BCUT2D eigenvalue weighted by molar-refractivity contribution is 6.05. The Labute approximate surface area is 149 Å². The minimum Gasteiger partial charge on any atom is -0.488 e. The number of fused-ring (bicyclic) bond motifs is 3. The first-order valence-corrected chi connectivity index (χ1v) is 8.24. The van der Waals surface area contributed by atoms with Gasteiger partial charge in [0, 0.05) is 10.9 Å².